The van der Waals surface area contributed by atoms with Gasteiger partial charge in [0.1, 0.15) is 10.7 Å². The van der Waals surface area contributed by atoms with Crippen LogP contribution in [0, 0.1) is 6.92 Å². The van der Waals surface area contributed by atoms with Crippen LogP contribution in [0.5, 0.6) is 0 Å². The minimum absolute atomic E-state index is 0.0147. The zero-order chi connectivity index (χ0) is 14.8. The van der Waals surface area contributed by atoms with Crippen LogP contribution < -0.4 is 4.72 Å². The Morgan fingerprint density at radius 2 is 2.11 bits per heavy atom. The molecule has 1 unspecified atom stereocenters. The number of likely N-dealkylation sites (N-methyl/N-ethyl adjacent to an activating group) is 1. The number of carboxylic acids is 1. The van der Waals surface area contributed by atoms with Crippen LogP contribution in [0.15, 0.2) is 15.4 Å². The number of aryl methyl sites for hydroxylation is 1. The van der Waals surface area contributed by atoms with Crippen LogP contribution in [0.25, 0.3) is 0 Å². The molecule has 1 rings (SSSR count). The van der Waals surface area contributed by atoms with Gasteiger partial charge >= 0.3 is 5.97 Å². The van der Waals surface area contributed by atoms with Crippen molar-refractivity contribution in [3.05, 3.63) is 17.6 Å². The molecule has 1 aromatic rings. The number of sulfonamides is 1. The number of nitrogens with zero attached hydrogens (tertiary/aromatic N) is 1. The van der Waals surface area contributed by atoms with Gasteiger partial charge in [-0.25, -0.2) is 17.9 Å². The highest BCUT2D eigenvalue weighted by Crippen LogP contribution is 2.19. The topological polar surface area (TPSA) is 99.8 Å². The summed E-state index contributed by atoms with van der Waals surface area (Å²) in [7, 11) is -0.0902. The molecule has 0 bridgehead atoms. The van der Waals surface area contributed by atoms with E-state index in [2.05, 4.69) is 4.72 Å². The summed E-state index contributed by atoms with van der Waals surface area (Å²) in [5.41, 5.74) is 0. The lowest BCUT2D eigenvalue weighted by Gasteiger charge is -2.19. The predicted molar refractivity (Wildman–Crippen MR) is 68.7 cm³/mol. The van der Waals surface area contributed by atoms with Gasteiger partial charge in [-0.3, -0.25) is 0 Å². The van der Waals surface area contributed by atoms with Gasteiger partial charge in [0.15, 0.2) is 0 Å². The van der Waals surface area contributed by atoms with Crippen molar-refractivity contribution in [3.63, 3.8) is 0 Å². The van der Waals surface area contributed by atoms with Crippen LogP contribution in [-0.2, 0) is 10.0 Å². The van der Waals surface area contributed by atoms with Gasteiger partial charge in [0.2, 0.25) is 15.8 Å². The van der Waals surface area contributed by atoms with Gasteiger partial charge < -0.3 is 14.4 Å². The molecule has 0 aliphatic carbocycles. The fourth-order valence-corrected chi connectivity index (χ4v) is 2.63. The first kappa shape index (κ1) is 15.7. The molecule has 0 spiro atoms. The van der Waals surface area contributed by atoms with E-state index < -0.39 is 21.8 Å². The number of carbonyl (C=O) groups is 1. The number of aromatic carboxylic acids is 1. The van der Waals surface area contributed by atoms with Crippen LogP contribution in [0.1, 0.15) is 23.2 Å². The van der Waals surface area contributed by atoms with E-state index in [0.717, 1.165) is 6.07 Å². The molecule has 19 heavy (non-hydrogen) atoms. The van der Waals surface area contributed by atoms with Crippen LogP contribution in [0.3, 0.4) is 0 Å². The molecular weight excluding hydrogens is 272 g/mol. The zero-order valence-electron chi connectivity index (χ0n) is 11.3. The zero-order valence-corrected chi connectivity index (χ0v) is 12.1. The first-order valence-electron chi connectivity index (χ1n) is 5.65. The number of furan rings is 1. The standard InChI is InChI=1S/C11H18N2O5S/c1-7(13(3)4)6-12-19(16,17)10-5-9(11(14)15)18-8(10)2/h5,7,12H,6H2,1-4H3,(H,14,15). The van der Waals surface area contributed by atoms with Crippen molar-refractivity contribution >= 4 is 16.0 Å². The molecule has 0 amide bonds. The third-order valence-electron chi connectivity index (χ3n) is 2.82. The maximum absolute atomic E-state index is 12.0. The number of hydrogen-bond donors (Lipinski definition) is 2. The highest BCUT2D eigenvalue weighted by atomic mass is 32.2. The van der Waals surface area contributed by atoms with Crippen molar-refractivity contribution in [2.75, 3.05) is 20.6 Å². The summed E-state index contributed by atoms with van der Waals surface area (Å²) in [5, 5.41) is 8.76. The summed E-state index contributed by atoms with van der Waals surface area (Å²) in [4.78, 5) is 12.5. The summed E-state index contributed by atoms with van der Waals surface area (Å²) in [5.74, 6) is -1.63. The van der Waals surface area contributed by atoms with Gasteiger partial charge in [0.25, 0.3) is 0 Å². The third-order valence-corrected chi connectivity index (χ3v) is 4.35. The molecule has 1 atom stereocenters. The van der Waals surface area contributed by atoms with Crippen molar-refractivity contribution in [2.45, 2.75) is 24.8 Å². The average Bonchev–Trinajstić information content (AvgIpc) is 2.69. The molecule has 8 heteroatoms. The van der Waals surface area contributed by atoms with Gasteiger partial charge in [0.05, 0.1) is 0 Å². The Labute approximate surface area is 112 Å². The molecule has 0 aliphatic heterocycles. The maximum Gasteiger partial charge on any atom is 0.371 e. The Kier molecular flexibility index (Phi) is 4.72. The fourth-order valence-electron chi connectivity index (χ4n) is 1.33. The van der Waals surface area contributed by atoms with Gasteiger partial charge in [-0.2, -0.15) is 0 Å². The third kappa shape index (κ3) is 3.79. The monoisotopic (exact) mass is 290 g/mol. The van der Waals surface area contributed by atoms with E-state index in [0.29, 0.717) is 0 Å². The quantitative estimate of drug-likeness (QED) is 0.792. The lowest BCUT2D eigenvalue weighted by Crippen LogP contribution is -2.38. The summed E-state index contributed by atoms with van der Waals surface area (Å²) >= 11 is 0. The minimum atomic E-state index is -3.77. The predicted octanol–water partition coefficient (Wildman–Crippen LogP) is 0.515. The first-order chi connectivity index (χ1) is 8.65. The van der Waals surface area contributed by atoms with Crippen molar-refractivity contribution in [2.24, 2.45) is 0 Å². The number of rotatable bonds is 6. The summed E-state index contributed by atoms with van der Waals surface area (Å²) < 4.78 is 31.4. The van der Waals surface area contributed by atoms with E-state index in [1.165, 1.54) is 6.92 Å². The molecule has 1 heterocycles. The lowest BCUT2D eigenvalue weighted by atomic mass is 10.3. The summed E-state index contributed by atoms with van der Waals surface area (Å²) in [6, 6.07) is 1.03. The van der Waals surface area contributed by atoms with Crippen LogP contribution in [0.2, 0.25) is 0 Å². The summed E-state index contributed by atoms with van der Waals surface area (Å²) in [6.07, 6.45) is 0. The van der Waals surface area contributed by atoms with E-state index >= 15 is 0 Å². The Bertz CT molecular complexity index is 562. The van der Waals surface area contributed by atoms with E-state index in [-0.39, 0.29) is 23.2 Å². The van der Waals surface area contributed by atoms with E-state index in [1.54, 1.807) is 0 Å². The van der Waals surface area contributed by atoms with Gasteiger partial charge in [-0.1, -0.05) is 0 Å². The van der Waals surface area contributed by atoms with Crippen molar-refractivity contribution in [1.82, 2.24) is 9.62 Å². The second-order valence-electron chi connectivity index (χ2n) is 4.50. The van der Waals surface area contributed by atoms with Gasteiger partial charge in [0, 0.05) is 18.7 Å². The smallest absolute Gasteiger partial charge is 0.371 e. The first-order valence-corrected chi connectivity index (χ1v) is 7.13. The van der Waals surface area contributed by atoms with E-state index in [9.17, 15) is 13.2 Å². The van der Waals surface area contributed by atoms with E-state index in [1.807, 2.05) is 25.9 Å². The van der Waals surface area contributed by atoms with Crippen molar-refractivity contribution in [1.29, 1.82) is 0 Å². The van der Waals surface area contributed by atoms with Gasteiger partial charge in [-0.05, 0) is 27.9 Å². The highest BCUT2D eigenvalue weighted by Gasteiger charge is 2.24. The number of hydrogen-bond acceptors (Lipinski definition) is 5. The van der Waals surface area contributed by atoms with Gasteiger partial charge in [-0.15, -0.1) is 0 Å². The second kappa shape index (κ2) is 5.72. The molecule has 2 N–H and O–H groups in total. The highest BCUT2D eigenvalue weighted by molar-refractivity contribution is 7.89. The lowest BCUT2D eigenvalue weighted by molar-refractivity contribution is 0.0661. The van der Waals surface area contributed by atoms with Crippen molar-refractivity contribution < 1.29 is 22.7 Å². The maximum atomic E-state index is 12.0. The minimum Gasteiger partial charge on any atom is -0.475 e. The average molecular weight is 290 g/mol. The molecule has 1 aromatic heterocycles. The second-order valence-corrected chi connectivity index (χ2v) is 6.24. The molecule has 0 fully saturated rings. The Morgan fingerprint density at radius 3 is 2.53 bits per heavy atom. The molecule has 7 nitrogen and oxygen atoms in total. The Balaban J connectivity index is 2.92. The Hall–Kier alpha value is -1.38. The molecule has 0 saturated carbocycles. The van der Waals surface area contributed by atoms with Crippen LogP contribution in [0.4, 0.5) is 0 Å². The molecule has 0 aliphatic rings. The van der Waals surface area contributed by atoms with Crippen LogP contribution in [-0.4, -0.2) is 51.1 Å². The normalized spacial score (nSPS) is 13.7. The molecule has 0 radical (unpaired) electrons. The molecule has 0 saturated heterocycles. The molecule has 0 aromatic carbocycles. The summed E-state index contributed by atoms with van der Waals surface area (Å²) in [6.45, 7) is 3.51. The Morgan fingerprint density at radius 1 is 1.53 bits per heavy atom. The van der Waals surface area contributed by atoms with E-state index in [4.69, 9.17) is 9.52 Å². The number of nitrogens with one attached hydrogen (secondary N) is 1. The molecule has 108 valence electrons. The molecular formula is C11H18N2O5S. The SMILES string of the molecule is Cc1oc(C(=O)O)cc1S(=O)(=O)NCC(C)N(C)C. The largest absolute Gasteiger partial charge is 0.475 e. The van der Waals surface area contributed by atoms with Crippen LogP contribution >= 0.6 is 0 Å². The number of carboxylic acid groups (broad SMARTS) is 1. The fraction of sp³-hybridized carbons (Fsp3) is 0.545. The van der Waals surface area contributed by atoms with Crippen molar-refractivity contribution in [3.8, 4) is 0 Å².